The Morgan fingerprint density at radius 1 is 1.27 bits per heavy atom. The van der Waals surface area contributed by atoms with Crippen LogP contribution in [0.25, 0.3) is 0 Å². The van der Waals surface area contributed by atoms with E-state index in [1.807, 2.05) is 13.1 Å². The highest BCUT2D eigenvalue weighted by atomic mass is 19.1. The summed E-state index contributed by atoms with van der Waals surface area (Å²) in [6.45, 7) is 5.34. The number of hydrogen-bond donors (Lipinski definition) is 1. The number of rotatable bonds is 7. The van der Waals surface area contributed by atoms with Gasteiger partial charge in [0, 0.05) is 45.5 Å². The average molecular weight is 362 g/mol. The predicted octanol–water partition coefficient (Wildman–Crippen LogP) is 2.19. The zero-order chi connectivity index (χ0) is 18.7. The molecule has 2 aliphatic rings. The van der Waals surface area contributed by atoms with E-state index >= 15 is 0 Å². The third kappa shape index (κ3) is 3.98. The smallest absolute Gasteiger partial charge is 0.324 e. The molecule has 0 spiro atoms. The number of unbranched alkanes of at least 4 members (excludes halogenated alkanes) is 2. The standard InChI is InChI=1S/C19H27FN4O2/c1-3-4-5-8-22(2)16-7-6-15(20)11-14(16)12-23-9-10-24-17(13-23)18(25)21-19(24)26/h6-7,11,17H,3-5,8-10,12-13H2,1-2H3,(H,21,25,26)/t17-/m0/s1. The van der Waals surface area contributed by atoms with Gasteiger partial charge in [0.2, 0.25) is 0 Å². The maximum absolute atomic E-state index is 13.8. The van der Waals surface area contributed by atoms with Crippen molar-refractivity contribution < 1.29 is 14.0 Å². The first-order valence-electron chi connectivity index (χ1n) is 9.33. The molecule has 142 valence electrons. The SMILES string of the molecule is CCCCCN(C)c1ccc(F)cc1CN1CCN2C(=O)NC(=O)[C@@H]2C1. The van der Waals surface area contributed by atoms with Crippen LogP contribution in [0.2, 0.25) is 0 Å². The molecule has 2 saturated heterocycles. The van der Waals surface area contributed by atoms with Crippen molar-refractivity contribution in [3.63, 3.8) is 0 Å². The minimum atomic E-state index is -0.435. The van der Waals surface area contributed by atoms with Crippen LogP contribution >= 0.6 is 0 Å². The molecule has 1 atom stereocenters. The molecule has 2 aliphatic heterocycles. The highest BCUT2D eigenvalue weighted by molar-refractivity contribution is 6.04. The topological polar surface area (TPSA) is 55.9 Å². The largest absolute Gasteiger partial charge is 0.374 e. The van der Waals surface area contributed by atoms with E-state index in [9.17, 15) is 14.0 Å². The van der Waals surface area contributed by atoms with Gasteiger partial charge >= 0.3 is 6.03 Å². The molecule has 6 nitrogen and oxygen atoms in total. The predicted molar refractivity (Wildman–Crippen MR) is 98.5 cm³/mol. The number of halogens is 1. The number of benzene rings is 1. The number of nitrogens with zero attached hydrogens (tertiary/aromatic N) is 3. The second kappa shape index (κ2) is 8.03. The van der Waals surface area contributed by atoms with Crippen LogP contribution in [0.3, 0.4) is 0 Å². The summed E-state index contributed by atoms with van der Waals surface area (Å²) in [5.41, 5.74) is 1.94. The van der Waals surface area contributed by atoms with Crippen molar-refractivity contribution in [1.29, 1.82) is 0 Å². The lowest BCUT2D eigenvalue weighted by molar-refractivity contribution is -0.122. The van der Waals surface area contributed by atoms with Gasteiger partial charge in [-0.3, -0.25) is 15.0 Å². The van der Waals surface area contributed by atoms with Gasteiger partial charge in [-0.1, -0.05) is 19.8 Å². The van der Waals surface area contributed by atoms with Crippen LogP contribution in [0, 0.1) is 5.82 Å². The first-order chi connectivity index (χ1) is 12.5. The normalized spacial score (nSPS) is 20.3. The van der Waals surface area contributed by atoms with E-state index in [1.54, 1.807) is 11.0 Å². The lowest BCUT2D eigenvalue weighted by Crippen LogP contribution is -2.52. The van der Waals surface area contributed by atoms with Crippen LogP contribution in [0.1, 0.15) is 31.7 Å². The van der Waals surface area contributed by atoms with E-state index in [0.29, 0.717) is 26.2 Å². The molecular weight excluding hydrogens is 335 g/mol. The quantitative estimate of drug-likeness (QED) is 0.597. The van der Waals surface area contributed by atoms with Crippen LogP contribution < -0.4 is 10.2 Å². The molecule has 7 heteroatoms. The van der Waals surface area contributed by atoms with Crippen LogP contribution in [-0.2, 0) is 11.3 Å². The Morgan fingerprint density at radius 2 is 2.08 bits per heavy atom. The fourth-order valence-electron chi connectivity index (χ4n) is 3.72. The molecule has 0 bridgehead atoms. The van der Waals surface area contributed by atoms with Crippen molar-refractivity contribution in [1.82, 2.24) is 15.1 Å². The number of hydrogen-bond acceptors (Lipinski definition) is 4. The number of nitrogens with one attached hydrogen (secondary N) is 1. The Balaban J connectivity index is 1.70. The molecule has 0 aliphatic carbocycles. The van der Waals surface area contributed by atoms with Gasteiger partial charge in [-0.05, 0) is 30.2 Å². The number of piperazine rings is 1. The molecule has 0 unspecified atom stereocenters. The van der Waals surface area contributed by atoms with Crippen molar-refractivity contribution >= 4 is 17.6 Å². The third-order valence-corrected chi connectivity index (χ3v) is 5.20. The Bertz CT molecular complexity index is 682. The van der Waals surface area contributed by atoms with Gasteiger partial charge in [0.25, 0.3) is 5.91 Å². The van der Waals surface area contributed by atoms with E-state index in [-0.39, 0.29) is 17.8 Å². The van der Waals surface area contributed by atoms with E-state index < -0.39 is 6.04 Å². The Kier molecular flexibility index (Phi) is 5.76. The number of carbonyl (C=O) groups excluding carboxylic acids is 2. The molecule has 0 radical (unpaired) electrons. The van der Waals surface area contributed by atoms with Crippen molar-refractivity contribution in [3.05, 3.63) is 29.6 Å². The number of anilines is 1. The highest BCUT2D eigenvalue weighted by Crippen LogP contribution is 2.25. The Morgan fingerprint density at radius 3 is 2.85 bits per heavy atom. The summed E-state index contributed by atoms with van der Waals surface area (Å²) >= 11 is 0. The molecule has 3 amide bonds. The Labute approximate surface area is 153 Å². The van der Waals surface area contributed by atoms with Gasteiger partial charge in [-0.15, -0.1) is 0 Å². The van der Waals surface area contributed by atoms with Crippen molar-refractivity contribution in [2.75, 3.05) is 38.1 Å². The average Bonchev–Trinajstić information content (AvgIpc) is 2.89. The molecule has 3 rings (SSSR count). The second-order valence-electron chi connectivity index (χ2n) is 7.14. The first kappa shape index (κ1) is 18.6. The molecule has 0 saturated carbocycles. The maximum Gasteiger partial charge on any atom is 0.324 e. The van der Waals surface area contributed by atoms with Crippen LogP contribution in [0.4, 0.5) is 14.9 Å². The van der Waals surface area contributed by atoms with Gasteiger partial charge in [0.05, 0.1) is 0 Å². The lowest BCUT2D eigenvalue weighted by atomic mass is 10.1. The van der Waals surface area contributed by atoms with Gasteiger partial charge in [-0.2, -0.15) is 0 Å². The summed E-state index contributed by atoms with van der Waals surface area (Å²) in [6, 6.07) is 4.17. The number of imide groups is 1. The monoisotopic (exact) mass is 362 g/mol. The Hall–Kier alpha value is -2.15. The lowest BCUT2D eigenvalue weighted by Gasteiger charge is -2.36. The van der Waals surface area contributed by atoms with Crippen molar-refractivity contribution in [3.8, 4) is 0 Å². The van der Waals surface area contributed by atoms with Gasteiger partial charge < -0.3 is 9.80 Å². The second-order valence-corrected chi connectivity index (χ2v) is 7.14. The molecule has 2 fully saturated rings. The molecule has 1 aromatic carbocycles. The number of fused-ring (bicyclic) bond motifs is 1. The fourth-order valence-corrected chi connectivity index (χ4v) is 3.72. The van der Waals surface area contributed by atoms with Crippen LogP contribution in [-0.4, -0.2) is 61.0 Å². The first-order valence-corrected chi connectivity index (χ1v) is 9.33. The summed E-state index contributed by atoms with van der Waals surface area (Å²) in [7, 11) is 2.04. The minimum absolute atomic E-state index is 0.240. The summed E-state index contributed by atoms with van der Waals surface area (Å²) in [4.78, 5) is 29.5. The van der Waals surface area contributed by atoms with E-state index in [4.69, 9.17) is 0 Å². The van der Waals surface area contributed by atoms with E-state index in [2.05, 4.69) is 22.0 Å². The van der Waals surface area contributed by atoms with Crippen LogP contribution in [0.15, 0.2) is 18.2 Å². The summed E-state index contributed by atoms with van der Waals surface area (Å²) in [5.74, 6) is -0.492. The summed E-state index contributed by atoms with van der Waals surface area (Å²) in [5, 5.41) is 2.36. The summed E-state index contributed by atoms with van der Waals surface area (Å²) < 4.78 is 13.8. The van der Waals surface area contributed by atoms with Gasteiger partial charge in [0.15, 0.2) is 0 Å². The van der Waals surface area contributed by atoms with Gasteiger partial charge in [-0.25, -0.2) is 9.18 Å². The third-order valence-electron chi connectivity index (χ3n) is 5.20. The van der Waals surface area contributed by atoms with Crippen molar-refractivity contribution in [2.45, 2.75) is 38.8 Å². The molecular formula is C19H27FN4O2. The zero-order valence-electron chi connectivity index (χ0n) is 15.5. The van der Waals surface area contributed by atoms with E-state index in [1.165, 1.54) is 12.5 Å². The molecule has 1 N–H and O–H groups in total. The molecule has 0 aromatic heterocycles. The van der Waals surface area contributed by atoms with Crippen molar-refractivity contribution in [2.24, 2.45) is 0 Å². The molecule has 2 heterocycles. The number of urea groups is 1. The summed E-state index contributed by atoms with van der Waals surface area (Å²) in [6.07, 6.45) is 3.44. The maximum atomic E-state index is 13.8. The molecule has 26 heavy (non-hydrogen) atoms. The van der Waals surface area contributed by atoms with Gasteiger partial charge in [0.1, 0.15) is 11.9 Å². The number of carbonyl (C=O) groups is 2. The van der Waals surface area contributed by atoms with E-state index in [0.717, 1.165) is 30.6 Å². The zero-order valence-corrected chi connectivity index (χ0v) is 15.5. The van der Waals surface area contributed by atoms with Crippen LogP contribution in [0.5, 0.6) is 0 Å². The molecule has 1 aromatic rings. The fraction of sp³-hybridized carbons (Fsp3) is 0.579. The minimum Gasteiger partial charge on any atom is -0.374 e. The number of amides is 3. The highest BCUT2D eigenvalue weighted by Gasteiger charge is 2.41.